The van der Waals surface area contributed by atoms with Crippen molar-refractivity contribution in [2.45, 2.75) is 0 Å². The summed E-state index contributed by atoms with van der Waals surface area (Å²) < 4.78 is 1.07. The van der Waals surface area contributed by atoms with Gasteiger partial charge in [-0.1, -0.05) is 0 Å². The van der Waals surface area contributed by atoms with Gasteiger partial charge in [-0.2, -0.15) is 0 Å². The number of amides is 1. The molecular weight excluding hydrogens is 106 g/mol. The van der Waals surface area contributed by atoms with Gasteiger partial charge in [-0.3, -0.25) is 0 Å². The largest absolute Gasteiger partial charge is 0.351 e. The van der Waals surface area contributed by atoms with Crippen molar-refractivity contribution in [1.82, 2.24) is 9.55 Å². The average Bonchev–Trinajstić information content (AvgIpc) is 2.12. The molecule has 0 fully saturated rings. The van der Waals surface area contributed by atoms with E-state index >= 15 is 0 Å². The van der Waals surface area contributed by atoms with E-state index in [1.807, 2.05) is 0 Å². The number of carbonyl (C=O) groups excluding carboxylic acids is 1. The van der Waals surface area contributed by atoms with Crippen LogP contribution in [0.3, 0.4) is 0 Å². The van der Waals surface area contributed by atoms with Gasteiger partial charge in [0.05, 0.1) is 12.4 Å². The maximum Gasteiger partial charge on any atom is 0.324 e. The topological polar surface area (TPSA) is 60.9 Å². The first-order valence-electron chi connectivity index (χ1n) is 2.00. The van der Waals surface area contributed by atoms with E-state index in [-0.39, 0.29) is 0 Å². The Morgan fingerprint density at radius 2 is 2.62 bits per heavy atom. The van der Waals surface area contributed by atoms with Crippen LogP contribution in [-0.2, 0) is 0 Å². The molecule has 1 aromatic heterocycles. The summed E-state index contributed by atoms with van der Waals surface area (Å²) in [6.45, 7) is 0. The third kappa shape index (κ3) is 0.676. The van der Waals surface area contributed by atoms with Gasteiger partial charge in [-0.25, -0.2) is 14.3 Å². The molecule has 1 heterocycles. The first-order valence-corrected chi connectivity index (χ1v) is 2.00. The zero-order chi connectivity index (χ0) is 5.98. The van der Waals surface area contributed by atoms with Crippen molar-refractivity contribution in [1.29, 1.82) is 0 Å². The van der Waals surface area contributed by atoms with Crippen LogP contribution < -0.4 is 5.73 Å². The van der Waals surface area contributed by atoms with Gasteiger partial charge in [0.2, 0.25) is 0 Å². The predicted octanol–water partition coefficient (Wildman–Crippen LogP) is -0.390. The molecule has 0 saturated heterocycles. The molecule has 2 N–H and O–H groups in total. The number of carbonyl (C=O) groups is 1. The van der Waals surface area contributed by atoms with Gasteiger partial charge < -0.3 is 5.73 Å². The highest BCUT2D eigenvalue weighted by Gasteiger charge is 1.92. The van der Waals surface area contributed by atoms with Gasteiger partial charge in [0.25, 0.3) is 0 Å². The molecule has 41 valence electrons. The Kier molecular flexibility index (Phi) is 0.997. The SMILES string of the molecule is NC(=O)n1[c]cnc1. The summed E-state index contributed by atoms with van der Waals surface area (Å²) in [5, 5.41) is 0. The van der Waals surface area contributed by atoms with Crippen molar-refractivity contribution in [3.63, 3.8) is 0 Å². The normalized spacial score (nSPS) is 9.00. The van der Waals surface area contributed by atoms with Crippen LogP contribution in [0.25, 0.3) is 0 Å². The number of aromatic nitrogens is 2. The van der Waals surface area contributed by atoms with Crippen LogP contribution in [0.1, 0.15) is 0 Å². The van der Waals surface area contributed by atoms with Crippen molar-refractivity contribution >= 4 is 6.03 Å². The van der Waals surface area contributed by atoms with E-state index in [1.54, 1.807) is 0 Å². The quantitative estimate of drug-likeness (QED) is 0.494. The van der Waals surface area contributed by atoms with Crippen LogP contribution in [0.15, 0.2) is 12.5 Å². The fourth-order valence-corrected chi connectivity index (χ4v) is 0.349. The van der Waals surface area contributed by atoms with Gasteiger partial charge in [0, 0.05) is 0 Å². The van der Waals surface area contributed by atoms with Crippen molar-refractivity contribution < 1.29 is 4.79 Å². The lowest BCUT2D eigenvalue weighted by Gasteiger charge is -1.86. The molecule has 0 aliphatic heterocycles. The second-order valence-corrected chi connectivity index (χ2v) is 1.23. The Balaban J connectivity index is 2.93. The van der Waals surface area contributed by atoms with Crippen LogP contribution in [-0.4, -0.2) is 15.6 Å². The molecule has 0 aliphatic rings. The first-order chi connectivity index (χ1) is 3.80. The Labute approximate surface area is 45.9 Å². The minimum absolute atomic E-state index is 0.567. The highest BCUT2D eigenvalue weighted by molar-refractivity contribution is 5.73. The smallest absolute Gasteiger partial charge is 0.324 e. The minimum Gasteiger partial charge on any atom is -0.351 e. The summed E-state index contributed by atoms with van der Waals surface area (Å²) in [6.07, 6.45) is 5.13. The van der Waals surface area contributed by atoms with E-state index in [2.05, 4.69) is 11.2 Å². The van der Waals surface area contributed by atoms with Crippen molar-refractivity contribution in [3.8, 4) is 0 Å². The van der Waals surface area contributed by atoms with Gasteiger partial charge in [-0.15, -0.1) is 0 Å². The second-order valence-electron chi connectivity index (χ2n) is 1.23. The summed E-state index contributed by atoms with van der Waals surface area (Å²) in [7, 11) is 0. The van der Waals surface area contributed by atoms with E-state index in [0.29, 0.717) is 0 Å². The number of nitrogens with two attached hydrogens (primary N) is 1. The molecule has 0 bridgehead atoms. The summed E-state index contributed by atoms with van der Waals surface area (Å²) in [5.74, 6) is 0. The van der Waals surface area contributed by atoms with Crippen LogP contribution in [0.5, 0.6) is 0 Å². The van der Waals surface area contributed by atoms with Crippen molar-refractivity contribution in [3.05, 3.63) is 18.7 Å². The van der Waals surface area contributed by atoms with Gasteiger partial charge in [-0.05, 0) is 0 Å². The minimum atomic E-state index is -0.567. The van der Waals surface area contributed by atoms with Gasteiger partial charge in [0.15, 0.2) is 0 Å². The van der Waals surface area contributed by atoms with Crippen molar-refractivity contribution in [2.75, 3.05) is 0 Å². The van der Waals surface area contributed by atoms with Crippen LogP contribution in [0.2, 0.25) is 0 Å². The number of hydrogen-bond donors (Lipinski definition) is 1. The zero-order valence-electron chi connectivity index (χ0n) is 4.03. The molecule has 4 nitrogen and oxygen atoms in total. The maximum absolute atomic E-state index is 10.2. The summed E-state index contributed by atoms with van der Waals surface area (Å²) in [5.41, 5.74) is 4.81. The molecule has 0 saturated carbocycles. The number of hydrogen-bond acceptors (Lipinski definition) is 2. The average molecular weight is 110 g/mol. The predicted molar refractivity (Wildman–Crippen MR) is 26.0 cm³/mol. The molecule has 4 heteroatoms. The van der Waals surface area contributed by atoms with Crippen LogP contribution >= 0.6 is 0 Å². The number of imidazole rings is 1. The summed E-state index contributed by atoms with van der Waals surface area (Å²) >= 11 is 0. The standard InChI is InChI=1S/C4H4N3O/c5-4(8)7-2-1-6-3-7/h1,3H,(H2,5,8). The molecular formula is C4H4N3O. The fraction of sp³-hybridized carbons (Fsp3) is 0. The molecule has 1 rings (SSSR count). The van der Waals surface area contributed by atoms with Gasteiger partial charge >= 0.3 is 6.03 Å². The molecule has 1 aromatic rings. The Morgan fingerprint density at radius 3 is 2.88 bits per heavy atom. The third-order valence-corrected chi connectivity index (χ3v) is 0.691. The first kappa shape index (κ1) is 4.83. The molecule has 0 aliphatic carbocycles. The van der Waals surface area contributed by atoms with Gasteiger partial charge in [0.1, 0.15) is 6.33 Å². The molecule has 1 radical (unpaired) electrons. The lowest BCUT2D eigenvalue weighted by molar-refractivity contribution is 0.250. The molecule has 0 atom stereocenters. The summed E-state index contributed by atoms with van der Waals surface area (Å²) in [4.78, 5) is 13.7. The van der Waals surface area contributed by atoms with E-state index in [4.69, 9.17) is 5.73 Å². The monoisotopic (exact) mass is 110 g/mol. The Morgan fingerprint density at radius 1 is 1.88 bits per heavy atom. The van der Waals surface area contributed by atoms with E-state index < -0.39 is 6.03 Å². The lowest BCUT2D eigenvalue weighted by atomic mass is 10.9. The third-order valence-electron chi connectivity index (χ3n) is 0.691. The van der Waals surface area contributed by atoms with Crippen molar-refractivity contribution in [2.24, 2.45) is 5.73 Å². The Bertz CT molecular complexity index is 179. The zero-order valence-corrected chi connectivity index (χ0v) is 4.03. The second kappa shape index (κ2) is 1.65. The molecule has 0 aromatic carbocycles. The highest BCUT2D eigenvalue weighted by Crippen LogP contribution is 1.78. The van der Waals surface area contributed by atoms with E-state index in [0.717, 1.165) is 4.57 Å². The van der Waals surface area contributed by atoms with Crippen LogP contribution in [0.4, 0.5) is 4.79 Å². The molecule has 0 unspecified atom stereocenters. The highest BCUT2D eigenvalue weighted by atomic mass is 16.2. The molecule has 8 heavy (non-hydrogen) atoms. The maximum atomic E-state index is 10.2. The van der Waals surface area contributed by atoms with Crippen LogP contribution in [0, 0.1) is 6.20 Å². The van der Waals surface area contributed by atoms with E-state index in [9.17, 15) is 4.79 Å². The number of nitrogens with zero attached hydrogens (tertiary/aromatic N) is 2. The fourth-order valence-electron chi connectivity index (χ4n) is 0.349. The molecule has 0 spiro atoms. The molecule has 1 amide bonds. The lowest BCUT2D eigenvalue weighted by Crippen LogP contribution is -2.17. The number of primary amides is 1. The number of rotatable bonds is 0. The summed E-state index contributed by atoms with van der Waals surface area (Å²) in [6, 6.07) is -0.567. The van der Waals surface area contributed by atoms with E-state index in [1.165, 1.54) is 12.5 Å². The Hall–Kier alpha value is -1.32.